The molecule has 1 amide bonds. The summed E-state index contributed by atoms with van der Waals surface area (Å²) in [5.41, 5.74) is 2.57. The van der Waals surface area contributed by atoms with E-state index in [4.69, 9.17) is 4.42 Å². The monoisotopic (exact) mass is 510 g/mol. The number of nitrogens with one attached hydrogen (secondary N) is 1. The first-order valence-corrected chi connectivity index (χ1v) is 9.76. The van der Waals surface area contributed by atoms with E-state index in [9.17, 15) is 4.79 Å². The van der Waals surface area contributed by atoms with Crippen LogP contribution in [0.2, 0.25) is 0 Å². The van der Waals surface area contributed by atoms with Gasteiger partial charge in [0.1, 0.15) is 0 Å². The normalized spacial score (nSPS) is 15.1. The van der Waals surface area contributed by atoms with Crippen LogP contribution in [0.25, 0.3) is 0 Å². The third-order valence-electron chi connectivity index (χ3n) is 5.30. The number of benzene rings is 1. The number of furan rings is 1. The molecule has 7 heteroatoms. The summed E-state index contributed by atoms with van der Waals surface area (Å²) in [5.74, 6) is 1.23. The van der Waals surface area contributed by atoms with Crippen molar-refractivity contribution in [1.82, 2.24) is 15.1 Å². The van der Waals surface area contributed by atoms with Gasteiger partial charge >= 0.3 is 0 Å². The van der Waals surface area contributed by atoms with Crippen molar-refractivity contribution in [3.05, 3.63) is 59.5 Å². The Labute approximate surface area is 190 Å². The van der Waals surface area contributed by atoms with Crippen LogP contribution < -0.4 is 5.32 Å². The first-order chi connectivity index (χ1) is 13.4. The first kappa shape index (κ1) is 23.3. The van der Waals surface area contributed by atoms with Gasteiger partial charge in [-0.15, -0.1) is 24.0 Å². The van der Waals surface area contributed by atoms with Crippen molar-refractivity contribution < 1.29 is 9.21 Å². The molecule has 29 heavy (non-hydrogen) atoms. The summed E-state index contributed by atoms with van der Waals surface area (Å²) in [5, 5.41) is 3.52. The smallest absolute Gasteiger partial charge is 0.289 e. The van der Waals surface area contributed by atoms with Crippen LogP contribution in [0.5, 0.6) is 0 Å². The molecule has 1 fully saturated rings. The predicted molar refractivity (Wildman–Crippen MR) is 127 cm³/mol. The minimum atomic E-state index is -0.0480. The number of amides is 1. The molecule has 0 radical (unpaired) electrons. The van der Waals surface area contributed by atoms with Crippen LogP contribution in [-0.2, 0) is 5.41 Å². The molecule has 0 atom stereocenters. The Balaban J connectivity index is 0.00000300. The van der Waals surface area contributed by atoms with Gasteiger partial charge in [-0.05, 0) is 24.6 Å². The minimum absolute atomic E-state index is 0. The first-order valence-electron chi connectivity index (χ1n) is 9.76. The average Bonchev–Trinajstić information content (AvgIpc) is 3.23. The molecule has 1 aromatic carbocycles. The number of aliphatic imine (C=N–C) groups is 1. The Hall–Kier alpha value is -2.03. The predicted octanol–water partition coefficient (Wildman–Crippen LogP) is 3.52. The number of halogens is 1. The lowest BCUT2D eigenvalue weighted by Gasteiger charge is -2.37. The highest BCUT2D eigenvalue weighted by Crippen LogP contribution is 2.23. The number of hydrogen-bond acceptors (Lipinski definition) is 3. The van der Waals surface area contributed by atoms with E-state index in [1.807, 2.05) is 11.9 Å². The second-order valence-electron chi connectivity index (χ2n) is 7.91. The number of carbonyl (C=O) groups is 1. The van der Waals surface area contributed by atoms with Crippen LogP contribution >= 0.6 is 24.0 Å². The highest BCUT2D eigenvalue weighted by molar-refractivity contribution is 14.0. The van der Waals surface area contributed by atoms with Crippen LogP contribution in [0.1, 0.15) is 35.5 Å². The summed E-state index contributed by atoms with van der Waals surface area (Å²) >= 11 is 0. The van der Waals surface area contributed by atoms with Gasteiger partial charge in [0.05, 0.1) is 6.26 Å². The summed E-state index contributed by atoms with van der Waals surface area (Å²) in [6.45, 7) is 10.2. The number of piperazine rings is 1. The summed E-state index contributed by atoms with van der Waals surface area (Å²) in [4.78, 5) is 20.9. The van der Waals surface area contributed by atoms with Crippen LogP contribution in [0.4, 0.5) is 0 Å². The van der Waals surface area contributed by atoms with E-state index < -0.39 is 0 Å². The van der Waals surface area contributed by atoms with Gasteiger partial charge in [0.25, 0.3) is 5.91 Å². The molecule has 2 aromatic rings. The zero-order valence-corrected chi connectivity index (χ0v) is 20.0. The molecular weight excluding hydrogens is 479 g/mol. The fraction of sp³-hybridized carbons (Fsp3) is 0.455. The number of carbonyl (C=O) groups excluding carboxylic acids is 1. The van der Waals surface area contributed by atoms with Crippen molar-refractivity contribution in [3.63, 3.8) is 0 Å². The number of nitrogens with zero attached hydrogens (tertiary/aromatic N) is 3. The lowest BCUT2D eigenvalue weighted by molar-refractivity contribution is 0.0657. The van der Waals surface area contributed by atoms with Crippen molar-refractivity contribution in [1.29, 1.82) is 0 Å². The summed E-state index contributed by atoms with van der Waals surface area (Å²) < 4.78 is 5.23. The molecule has 0 bridgehead atoms. The molecule has 1 saturated heterocycles. The number of rotatable bonds is 4. The fourth-order valence-electron chi connectivity index (χ4n) is 3.48. The van der Waals surface area contributed by atoms with Crippen LogP contribution in [0.3, 0.4) is 0 Å². The molecular formula is C22H31IN4O2. The van der Waals surface area contributed by atoms with Crippen LogP contribution in [0, 0.1) is 6.92 Å². The Morgan fingerprint density at radius 1 is 1.14 bits per heavy atom. The second-order valence-corrected chi connectivity index (χ2v) is 7.91. The summed E-state index contributed by atoms with van der Waals surface area (Å²) in [7, 11) is 1.81. The number of hydrogen-bond donors (Lipinski definition) is 1. The molecule has 6 nitrogen and oxygen atoms in total. The molecule has 0 unspecified atom stereocenters. The van der Waals surface area contributed by atoms with Gasteiger partial charge < -0.3 is 19.5 Å². The fourth-order valence-corrected chi connectivity index (χ4v) is 3.48. The van der Waals surface area contributed by atoms with Crippen molar-refractivity contribution in [3.8, 4) is 0 Å². The molecule has 158 valence electrons. The van der Waals surface area contributed by atoms with Gasteiger partial charge in [0.2, 0.25) is 0 Å². The molecule has 1 aliphatic heterocycles. The van der Waals surface area contributed by atoms with E-state index >= 15 is 0 Å². The molecule has 1 aliphatic rings. The maximum atomic E-state index is 12.4. The van der Waals surface area contributed by atoms with E-state index in [1.165, 1.54) is 17.4 Å². The highest BCUT2D eigenvalue weighted by atomic mass is 127. The van der Waals surface area contributed by atoms with Gasteiger partial charge in [-0.25, -0.2) is 0 Å². The second kappa shape index (κ2) is 10.1. The number of aryl methyl sites for hydroxylation is 1. The Kier molecular flexibility index (Phi) is 8.13. The largest absolute Gasteiger partial charge is 0.459 e. The molecule has 1 aromatic heterocycles. The van der Waals surface area contributed by atoms with E-state index in [2.05, 4.69) is 60.2 Å². The third-order valence-corrected chi connectivity index (χ3v) is 5.30. The third kappa shape index (κ3) is 5.74. The Bertz CT molecular complexity index is 825. The minimum Gasteiger partial charge on any atom is -0.459 e. The molecule has 2 heterocycles. The lowest BCUT2D eigenvalue weighted by Crippen LogP contribution is -2.54. The van der Waals surface area contributed by atoms with Crippen LogP contribution in [0.15, 0.2) is 52.1 Å². The van der Waals surface area contributed by atoms with Gasteiger partial charge in [-0.1, -0.05) is 43.7 Å². The standard InChI is InChI=1S/C22H30N4O2.HI/c1-17-7-5-8-18(15-17)22(2,3)16-24-21(23-4)26-12-10-25(11-13-26)20(27)19-9-6-14-28-19;/h5-9,14-15H,10-13,16H2,1-4H3,(H,23,24);1H. The molecule has 0 aliphatic carbocycles. The van der Waals surface area contributed by atoms with Crippen molar-refractivity contribution in [2.24, 2.45) is 4.99 Å². The topological polar surface area (TPSA) is 61.1 Å². The molecule has 1 N–H and O–H groups in total. The molecule has 0 spiro atoms. The highest BCUT2D eigenvalue weighted by Gasteiger charge is 2.27. The van der Waals surface area contributed by atoms with E-state index in [0.29, 0.717) is 18.8 Å². The maximum absolute atomic E-state index is 12.4. The summed E-state index contributed by atoms with van der Waals surface area (Å²) in [6, 6.07) is 12.1. The van der Waals surface area contributed by atoms with Crippen molar-refractivity contribution >= 4 is 35.8 Å². The van der Waals surface area contributed by atoms with Crippen molar-refractivity contribution in [2.75, 3.05) is 39.8 Å². The quantitative estimate of drug-likeness (QED) is 0.389. The van der Waals surface area contributed by atoms with Gasteiger partial charge in [0, 0.05) is 45.2 Å². The Morgan fingerprint density at radius 2 is 1.83 bits per heavy atom. The van der Waals surface area contributed by atoms with Crippen molar-refractivity contribution in [2.45, 2.75) is 26.2 Å². The summed E-state index contributed by atoms with van der Waals surface area (Å²) in [6.07, 6.45) is 1.53. The van der Waals surface area contributed by atoms with E-state index in [0.717, 1.165) is 25.6 Å². The average molecular weight is 510 g/mol. The zero-order chi connectivity index (χ0) is 20.1. The van der Waals surface area contributed by atoms with E-state index in [1.54, 1.807) is 12.1 Å². The zero-order valence-electron chi connectivity index (χ0n) is 17.6. The van der Waals surface area contributed by atoms with Gasteiger partial charge in [-0.3, -0.25) is 9.79 Å². The SMILES string of the molecule is CN=C(NCC(C)(C)c1cccc(C)c1)N1CCN(C(=O)c2ccco2)CC1.I. The number of guanidine groups is 1. The molecule has 3 rings (SSSR count). The maximum Gasteiger partial charge on any atom is 0.289 e. The lowest BCUT2D eigenvalue weighted by atomic mass is 9.84. The Morgan fingerprint density at radius 3 is 2.41 bits per heavy atom. The van der Waals surface area contributed by atoms with E-state index in [-0.39, 0.29) is 35.3 Å². The van der Waals surface area contributed by atoms with Gasteiger partial charge in [0.15, 0.2) is 11.7 Å². The van der Waals surface area contributed by atoms with Crippen LogP contribution in [-0.4, -0.2) is 61.4 Å². The van der Waals surface area contributed by atoms with Gasteiger partial charge in [-0.2, -0.15) is 0 Å². The molecule has 0 saturated carbocycles.